The maximum Gasteiger partial charge on any atom is 0.340 e. The lowest BCUT2D eigenvalue weighted by atomic mass is 10.1. The van der Waals surface area contributed by atoms with E-state index in [2.05, 4.69) is 5.32 Å². The van der Waals surface area contributed by atoms with Gasteiger partial charge in [0.25, 0.3) is 0 Å². The van der Waals surface area contributed by atoms with Gasteiger partial charge in [-0.15, -0.1) is 0 Å². The summed E-state index contributed by atoms with van der Waals surface area (Å²) < 4.78 is 18.4. The molecule has 0 fully saturated rings. The van der Waals surface area contributed by atoms with Gasteiger partial charge in [-0.25, -0.2) is 9.18 Å². The fourth-order valence-electron chi connectivity index (χ4n) is 2.34. The lowest BCUT2D eigenvalue weighted by Gasteiger charge is -2.21. The van der Waals surface area contributed by atoms with E-state index in [1.54, 1.807) is 25.1 Å². The Hall–Kier alpha value is -3.22. The number of para-hydroxylation sites is 1. The van der Waals surface area contributed by atoms with E-state index in [0.29, 0.717) is 0 Å². The van der Waals surface area contributed by atoms with E-state index < -0.39 is 23.6 Å². The average Bonchev–Trinajstić information content (AvgIpc) is 2.60. The summed E-state index contributed by atoms with van der Waals surface area (Å²) in [6, 6.07) is 11.8. The van der Waals surface area contributed by atoms with Crippen molar-refractivity contribution in [1.29, 1.82) is 0 Å². The van der Waals surface area contributed by atoms with Crippen molar-refractivity contribution in [3.05, 3.63) is 59.9 Å². The fourth-order valence-corrected chi connectivity index (χ4v) is 2.34. The van der Waals surface area contributed by atoms with Gasteiger partial charge >= 0.3 is 5.97 Å². The van der Waals surface area contributed by atoms with Gasteiger partial charge < -0.3 is 15.0 Å². The highest BCUT2D eigenvalue weighted by molar-refractivity contribution is 6.05. The zero-order chi connectivity index (χ0) is 19.1. The lowest BCUT2D eigenvalue weighted by Crippen LogP contribution is -2.37. The largest absolute Gasteiger partial charge is 0.462 e. The number of nitrogens with one attached hydrogen (secondary N) is 1. The summed E-state index contributed by atoms with van der Waals surface area (Å²) in [6.07, 6.45) is 0. The normalized spacial score (nSPS) is 10.1. The number of carbonyl (C=O) groups excluding carboxylic acids is 3. The number of amides is 2. The Kier molecular flexibility index (Phi) is 6.43. The number of hydrogen-bond donors (Lipinski definition) is 1. The standard InChI is InChI=1S/C19H19FN2O4/c1-3-26-19(25)16-9-4-5-10-17(16)21-18(24)12-22(13(2)23)15-8-6-7-14(20)11-15/h4-11H,3,12H2,1-2H3,(H,21,24). The average molecular weight is 358 g/mol. The van der Waals surface area contributed by atoms with Crippen LogP contribution in [0, 0.1) is 5.82 Å². The quantitative estimate of drug-likeness (QED) is 0.806. The third-order valence-corrected chi connectivity index (χ3v) is 3.50. The number of rotatable bonds is 6. The molecule has 0 aromatic heterocycles. The van der Waals surface area contributed by atoms with Crippen LogP contribution in [-0.4, -0.2) is 30.9 Å². The van der Waals surface area contributed by atoms with Gasteiger partial charge in [0.05, 0.1) is 17.9 Å². The molecule has 2 rings (SSSR count). The fraction of sp³-hybridized carbons (Fsp3) is 0.211. The Balaban J connectivity index is 2.17. The van der Waals surface area contributed by atoms with E-state index in [1.807, 2.05) is 0 Å². The molecule has 0 heterocycles. The van der Waals surface area contributed by atoms with Gasteiger partial charge in [-0.05, 0) is 37.3 Å². The number of carbonyl (C=O) groups is 3. The van der Waals surface area contributed by atoms with Gasteiger partial charge in [-0.3, -0.25) is 9.59 Å². The van der Waals surface area contributed by atoms with Crippen LogP contribution in [0.1, 0.15) is 24.2 Å². The van der Waals surface area contributed by atoms with E-state index in [-0.39, 0.29) is 30.1 Å². The van der Waals surface area contributed by atoms with Gasteiger partial charge in [-0.1, -0.05) is 18.2 Å². The Bertz CT molecular complexity index is 823. The van der Waals surface area contributed by atoms with Gasteiger partial charge in [0.2, 0.25) is 11.8 Å². The van der Waals surface area contributed by atoms with Crippen LogP contribution >= 0.6 is 0 Å². The Labute approximate surface area is 150 Å². The van der Waals surface area contributed by atoms with Gasteiger partial charge in [-0.2, -0.15) is 0 Å². The number of benzene rings is 2. The maximum absolute atomic E-state index is 13.4. The summed E-state index contributed by atoms with van der Waals surface area (Å²) in [5.74, 6) is -2.01. The second-order valence-corrected chi connectivity index (χ2v) is 5.40. The first-order valence-electron chi connectivity index (χ1n) is 8.02. The van der Waals surface area contributed by atoms with Crippen LogP contribution in [0.3, 0.4) is 0 Å². The van der Waals surface area contributed by atoms with Gasteiger partial charge in [0.1, 0.15) is 12.4 Å². The zero-order valence-corrected chi connectivity index (χ0v) is 14.5. The molecule has 0 aliphatic carbocycles. The topological polar surface area (TPSA) is 75.7 Å². The van der Waals surface area contributed by atoms with E-state index in [9.17, 15) is 18.8 Å². The number of anilines is 2. The second-order valence-electron chi connectivity index (χ2n) is 5.40. The van der Waals surface area contributed by atoms with Crippen LogP contribution in [0.5, 0.6) is 0 Å². The van der Waals surface area contributed by atoms with Crippen LogP contribution in [0.15, 0.2) is 48.5 Å². The summed E-state index contributed by atoms with van der Waals surface area (Å²) in [6.45, 7) is 2.85. The van der Waals surface area contributed by atoms with Crippen molar-refractivity contribution in [2.45, 2.75) is 13.8 Å². The van der Waals surface area contributed by atoms with Crippen molar-refractivity contribution in [1.82, 2.24) is 0 Å². The maximum atomic E-state index is 13.4. The predicted octanol–water partition coefficient (Wildman–Crippen LogP) is 2.99. The number of ether oxygens (including phenoxy) is 1. The molecule has 26 heavy (non-hydrogen) atoms. The first kappa shape index (κ1) is 19.1. The van der Waals surface area contributed by atoms with E-state index >= 15 is 0 Å². The molecule has 2 amide bonds. The molecule has 0 aliphatic heterocycles. The molecule has 0 bridgehead atoms. The minimum atomic E-state index is -0.558. The third-order valence-electron chi connectivity index (χ3n) is 3.50. The van der Waals surface area contributed by atoms with Crippen molar-refractivity contribution in [3.63, 3.8) is 0 Å². The number of hydrogen-bond acceptors (Lipinski definition) is 4. The molecule has 0 spiro atoms. The van der Waals surface area contributed by atoms with Crippen LogP contribution in [0.4, 0.5) is 15.8 Å². The zero-order valence-electron chi connectivity index (χ0n) is 14.5. The first-order chi connectivity index (χ1) is 12.4. The summed E-state index contributed by atoms with van der Waals surface area (Å²) in [5.41, 5.74) is 0.757. The summed E-state index contributed by atoms with van der Waals surface area (Å²) in [5, 5.41) is 2.59. The van der Waals surface area contributed by atoms with Crippen molar-refractivity contribution in [2.75, 3.05) is 23.4 Å². The predicted molar refractivity (Wildman–Crippen MR) is 95.5 cm³/mol. The van der Waals surface area contributed by atoms with Crippen molar-refractivity contribution < 1.29 is 23.5 Å². The van der Waals surface area contributed by atoms with Gasteiger partial charge in [0.15, 0.2) is 0 Å². The Morgan fingerprint density at radius 3 is 2.50 bits per heavy atom. The Morgan fingerprint density at radius 2 is 1.85 bits per heavy atom. The summed E-state index contributed by atoms with van der Waals surface area (Å²) >= 11 is 0. The first-order valence-corrected chi connectivity index (χ1v) is 8.02. The summed E-state index contributed by atoms with van der Waals surface area (Å²) in [7, 11) is 0. The molecule has 2 aromatic carbocycles. The van der Waals surface area contributed by atoms with Crippen LogP contribution in [0.25, 0.3) is 0 Å². The minimum Gasteiger partial charge on any atom is -0.462 e. The monoisotopic (exact) mass is 358 g/mol. The highest BCUT2D eigenvalue weighted by Crippen LogP contribution is 2.18. The van der Waals surface area contributed by atoms with Crippen LogP contribution < -0.4 is 10.2 Å². The molecular formula is C19H19FN2O4. The molecule has 0 saturated heterocycles. The molecule has 6 nitrogen and oxygen atoms in total. The molecule has 2 aromatic rings. The van der Waals surface area contributed by atoms with Crippen LogP contribution in [-0.2, 0) is 14.3 Å². The SMILES string of the molecule is CCOC(=O)c1ccccc1NC(=O)CN(C(C)=O)c1cccc(F)c1. The van der Waals surface area contributed by atoms with Crippen molar-refractivity contribution in [2.24, 2.45) is 0 Å². The number of halogens is 1. The van der Waals surface area contributed by atoms with Crippen molar-refractivity contribution in [3.8, 4) is 0 Å². The molecule has 0 atom stereocenters. The molecular weight excluding hydrogens is 339 g/mol. The molecule has 0 aliphatic rings. The van der Waals surface area contributed by atoms with E-state index in [0.717, 1.165) is 4.90 Å². The van der Waals surface area contributed by atoms with Crippen LogP contribution in [0.2, 0.25) is 0 Å². The minimum absolute atomic E-state index is 0.207. The van der Waals surface area contributed by atoms with Crippen molar-refractivity contribution >= 4 is 29.2 Å². The molecule has 0 radical (unpaired) electrons. The highest BCUT2D eigenvalue weighted by Gasteiger charge is 2.19. The second kappa shape index (κ2) is 8.75. The molecule has 1 N–H and O–H groups in total. The molecule has 0 unspecified atom stereocenters. The van der Waals surface area contributed by atoms with E-state index in [4.69, 9.17) is 4.74 Å². The lowest BCUT2D eigenvalue weighted by molar-refractivity contribution is -0.120. The van der Waals surface area contributed by atoms with Gasteiger partial charge in [0, 0.05) is 12.6 Å². The van der Waals surface area contributed by atoms with E-state index in [1.165, 1.54) is 37.3 Å². The highest BCUT2D eigenvalue weighted by atomic mass is 19.1. The Morgan fingerprint density at radius 1 is 1.12 bits per heavy atom. The molecule has 0 saturated carbocycles. The molecule has 7 heteroatoms. The third kappa shape index (κ3) is 4.89. The smallest absolute Gasteiger partial charge is 0.340 e. The number of esters is 1. The summed E-state index contributed by atoms with van der Waals surface area (Å²) in [4.78, 5) is 37.3. The number of nitrogens with zero attached hydrogens (tertiary/aromatic N) is 1. The molecule has 136 valence electrons.